The average Bonchev–Trinajstić information content (AvgIpc) is 2.06. The van der Waals surface area contributed by atoms with Gasteiger partial charge in [0.25, 0.3) is 0 Å². The van der Waals surface area contributed by atoms with Gasteiger partial charge in [0, 0.05) is 14.2 Å². The van der Waals surface area contributed by atoms with Gasteiger partial charge in [-0.3, -0.25) is 0 Å². The van der Waals surface area contributed by atoms with Gasteiger partial charge in [-0.05, 0) is 0 Å². The molecule has 0 aromatic carbocycles. The van der Waals surface area contributed by atoms with Crippen LogP contribution < -0.4 is 0 Å². The van der Waals surface area contributed by atoms with Crippen LogP contribution in [-0.2, 0) is 18.5 Å². The molecule has 6 heteroatoms. The fraction of sp³-hybridized carbons (Fsp3) is 1.00. The number of hydrogen-bond donors (Lipinski definition) is 1. The van der Waals surface area contributed by atoms with Crippen molar-refractivity contribution in [3.63, 3.8) is 0 Å². The first-order chi connectivity index (χ1) is 5.81. The molecule has 0 fully saturated rings. The van der Waals surface area contributed by atoms with Gasteiger partial charge in [0.1, 0.15) is 0 Å². The SMILES string of the molecule is COCCOP(O)OCCOC. The smallest absolute Gasteiger partial charge is 0.330 e. The highest BCUT2D eigenvalue weighted by Crippen LogP contribution is 2.31. The fourth-order valence-corrected chi connectivity index (χ4v) is 0.971. The molecular weight excluding hydrogens is 183 g/mol. The van der Waals surface area contributed by atoms with Gasteiger partial charge < -0.3 is 23.4 Å². The normalized spacial score (nSPS) is 11.0. The summed E-state index contributed by atoms with van der Waals surface area (Å²) in [5, 5.41) is 0. The van der Waals surface area contributed by atoms with Crippen LogP contribution in [0.4, 0.5) is 0 Å². The quantitative estimate of drug-likeness (QED) is 0.455. The van der Waals surface area contributed by atoms with Crippen molar-refractivity contribution in [3.8, 4) is 0 Å². The monoisotopic (exact) mass is 198 g/mol. The second-order valence-electron chi connectivity index (χ2n) is 1.89. The minimum atomic E-state index is -1.76. The van der Waals surface area contributed by atoms with Gasteiger partial charge in [-0.25, -0.2) is 0 Å². The lowest BCUT2D eigenvalue weighted by molar-refractivity contribution is 0.106. The van der Waals surface area contributed by atoms with Crippen molar-refractivity contribution in [3.05, 3.63) is 0 Å². The van der Waals surface area contributed by atoms with Crippen molar-refractivity contribution in [1.29, 1.82) is 0 Å². The van der Waals surface area contributed by atoms with E-state index in [0.717, 1.165) is 0 Å². The molecule has 0 saturated carbocycles. The molecule has 0 saturated heterocycles. The van der Waals surface area contributed by atoms with E-state index in [1.807, 2.05) is 0 Å². The zero-order chi connectivity index (χ0) is 9.23. The topological polar surface area (TPSA) is 57.2 Å². The first-order valence-electron chi connectivity index (χ1n) is 3.54. The van der Waals surface area contributed by atoms with Gasteiger partial charge in [0.2, 0.25) is 0 Å². The minimum absolute atomic E-state index is 0.339. The molecule has 0 amide bonds. The molecule has 1 N–H and O–H groups in total. The van der Waals surface area contributed by atoms with Crippen molar-refractivity contribution in [1.82, 2.24) is 0 Å². The van der Waals surface area contributed by atoms with Crippen LogP contribution >= 0.6 is 8.60 Å². The first kappa shape index (κ1) is 12.2. The van der Waals surface area contributed by atoms with Gasteiger partial charge in [0.05, 0.1) is 26.4 Å². The molecule has 0 aliphatic rings. The molecule has 0 heterocycles. The van der Waals surface area contributed by atoms with Crippen LogP contribution in [0.1, 0.15) is 0 Å². The molecule has 5 nitrogen and oxygen atoms in total. The van der Waals surface area contributed by atoms with Gasteiger partial charge in [-0.1, -0.05) is 0 Å². The summed E-state index contributed by atoms with van der Waals surface area (Å²) in [6, 6.07) is 0. The minimum Gasteiger partial charge on any atom is -0.382 e. The third-order valence-electron chi connectivity index (χ3n) is 0.978. The van der Waals surface area contributed by atoms with Crippen molar-refractivity contribution in [2.24, 2.45) is 0 Å². The highest BCUT2D eigenvalue weighted by atomic mass is 31.2. The molecule has 0 bridgehead atoms. The Morgan fingerprint density at radius 1 is 0.917 bits per heavy atom. The molecule has 0 radical (unpaired) electrons. The van der Waals surface area contributed by atoms with Crippen LogP contribution in [0.5, 0.6) is 0 Å². The van der Waals surface area contributed by atoms with E-state index in [9.17, 15) is 0 Å². The van der Waals surface area contributed by atoms with E-state index in [2.05, 4.69) is 0 Å². The highest BCUT2D eigenvalue weighted by molar-refractivity contribution is 7.40. The third-order valence-corrected chi connectivity index (χ3v) is 1.79. The lowest BCUT2D eigenvalue weighted by atomic mass is 10.8. The Kier molecular flexibility index (Phi) is 9.50. The van der Waals surface area contributed by atoms with Gasteiger partial charge in [0.15, 0.2) is 0 Å². The Hall–Kier alpha value is 0.230. The van der Waals surface area contributed by atoms with Crippen LogP contribution in [0.15, 0.2) is 0 Å². The average molecular weight is 198 g/mol. The molecule has 0 unspecified atom stereocenters. The van der Waals surface area contributed by atoms with Crippen LogP contribution in [0.2, 0.25) is 0 Å². The van der Waals surface area contributed by atoms with Gasteiger partial charge in [-0.2, -0.15) is 0 Å². The van der Waals surface area contributed by atoms with Crippen LogP contribution in [0, 0.1) is 0 Å². The summed E-state index contributed by atoms with van der Waals surface area (Å²) in [6.07, 6.45) is 0. The van der Waals surface area contributed by atoms with E-state index >= 15 is 0 Å². The predicted octanol–water partition coefficient (Wildman–Crippen LogP) is 0.532. The number of ether oxygens (including phenoxy) is 2. The first-order valence-corrected chi connectivity index (χ1v) is 4.67. The van der Waals surface area contributed by atoms with Gasteiger partial charge >= 0.3 is 8.60 Å². The molecule has 0 aliphatic carbocycles. The van der Waals surface area contributed by atoms with E-state index in [1.165, 1.54) is 0 Å². The van der Waals surface area contributed by atoms with E-state index in [1.54, 1.807) is 14.2 Å². The Balaban J connectivity index is 3.04. The molecule has 0 aromatic heterocycles. The van der Waals surface area contributed by atoms with Crippen LogP contribution in [0.25, 0.3) is 0 Å². The zero-order valence-corrected chi connectivity index (χ0v) is 8.25. The number of hydrogen-bond acceptors (Lipinski definition) is 5. The standard InChI is InChI=1S/C6H15O5P/c1-8-3-5-10-12(7)11-6-4-9-2/h7H,3-6H2,1-2H3. The Morgan fingerprint density at radius 3 is 1.67 bits per heavy atom. The Labute approximate surface area is 73.6 Å². The highest BCUT2D eigenvalue weighted by Gasteiger charge is 2.04. The lowest BCUT2D eigenvalue weighted by Gasteiger charge is -2.09. The summed E-state index contributed by atoms with van der Waals surface area (Å²) in [7, 11) is 1.36. The van der Waals surface area contributed by atoms with Gasteiger partial charge in [-0.15, -0.1) is 0 Å². The van der Waals surface area contributed by atoms with Crippen molar-refractivity contribution in [2.45, 2.75) is 0 Å². The summed E-state index contributed by atoms with van der Waals surface area (Å²) in [6.45, 7) is 1.58. The van der Waals surface area contributed by atoms with Crippen molar-refractivity contribution in [2.75, 3.05) is 40.6 Å². The Morgan fingerprint density at radius 2 is 1.33 bits per heavy atom. The summed E-state index contributed by atoms with van der Waals surface area (Å²) in [5.41, 5.74) is 0. The molecule has 0 aromatic rings. The van der Waals surface area contributed by atoms with E-state index in [-0.39, 0.29) is 0 Å². The molecular formula is C6H15O5P. The second kappa shape index (κ2) is 9.32. The summed E-state index contributed by atoms with van der Waals surface area (Å²) < 4.78 is 19.1. The van der Waals surface area contributed by atoms with Crippen molar-refractivity contribution < 1.29 is 23.4 Å². The van der Waals surface area contributed by atoms with E-state index < -0.39 is 8.60 Å². The number of rotatable bonds is 8. The fourth-order valence-electron chi connectivity index (χ4n) is 0.435. The molecule has 12 heavy (non-hydrogen) atoms. The third kappa shape index (κ3) is 8.33. The Bertz CT molecular complexity index is 82.0. The zero-order valence-electron chi connectivity index (χ0n) is 7.36. The summed E-state index contributed by atoms with van der Waals surface area (Å²) in [4.78, 5) is 9.01. The van der Waals surface area contributed by atoms with Crippen LogP contribution in [0.3, 0.4) is 0 Å². The number of methoxy groups -OCH3 is 2. The van der Waals surface area contributed by atoms with Crippen LogP contribution in [-0.4, -0.2) is 45.5 Å². The molecule has 0 aliphatic heterocycles. The maximum absolute atomic E-state index is 9.01. The van der Waals surface area contributed by atoms with E-state index in [0.29, 0.717) is 26.4 Å². The second-order valence-corrected chi connectivity index (χ2v) is 2.88. The lowest BCUT2D eigenvalue weighted by Crippen LogP contribution is -2.02. The predicted molar refractivity (Wildman–Crippen MR) is 44.8 cm³/mol. The maximum atomic E-state index is 9.01. The molecule has 0 rings (SSSR count). The van der Waals surface area contributed by atoms with Crippen molar-refractivity contribution >= 4 is 8.60 Å². The van der Waals surface area contributed by atoms with E-state index in [4.69, 9.17) is 23.4 Å². The summed E-state index contributed by atoms with van der Waals surface area (Å²) in [5.74, 6) is 0. The maximum Gasteiger partial charge on any atom is 0.330 e. The molecule has 0 atom stereocenters. The molecule has 0 spiro atoms. The molecule has 74 valence electrons. The summed E-state index contributed by atoms with van der Waals surface area (Å²) >= 11 is 0. The largest absolute Gasteiger partial charge is 0.382 e.